The first-order valence-electron chi connectivity index (χ1n) is 8.06. The van der Waals surface area contributed by atoms with Gasteiger partial charge in [-0.2, -0.15) is 0 Å². The number of hydrogen-bond acceptors (Lipinski definition) is 5. The van der Waals surface area contributed by atoms with Gasteiger partial charge in [0.05, 0.1) is 0 Å². The summed E-state index contributed by atoms with van der Waals surface area (Å²) in [5.41, 5.74) is 0.814. The monoisotopic (exact) mass is 315 g/mol. The quantitative estimate of drug-likeness (QED) is 0.918. The molecule has 1 saturated carbocycles. The molecule has 0 aliphatic heterocycles. The first-order valence-corrected chi connectivity index (χ1v) is 8.06. The maximum absolute atomic E-state index is 12.2. The van der Waals surface area contributed by atoms with E-state index in [1.807, 2.05) is 12.1 Å². The fourth-order valence-corrected chi connectivity index (χ4v) is 2.80. The lowest BCUT2D eigenvalue weighted by Gasteiger charge is -2.24. The van der Waals surface area contributed by atoms with E-state index in [9.17, 15) is 4.79 Å². The van der Waals surface area contributed by atoms with Crippen LogP contribution >= 0.6 is 0 Å². The smallest absolute Gasteiger partial charge is 0.260 e. The molecule has 1 amide bonds. The maximum Gasteiger partial charge on any atom is 0.260 e. The number of ether oxygens (including phenoxy) is 1. The maximum atomic E-state index is 12.2. The van der Waals surface area contributed by atoms with E-state index in [1.165, 1.54) is 25.7 Å². The molecule has 6 nitrogen and oxygen atoms in total. The number of aromatic nitrogens is 2. The summed E-state index contributed by atoms with van der Waals surface area (Å²) in [6.45, 7) is 1.77. The summed E-state index contributed by atoms with van der Waals surface area (Å²) in [6.07, 6.45) is 6.55. The molecule has 1 unspecified atom stereocenters. The Morgan fingerprint density at radius 1 is 1.26 bits per heavy atom. The number of carbonyl (C=O) groups excluding carboxylic acids is 1. The van der Waals surface area contributed by atoms with Gasteiger partial charge < -0.3 is 14.5 Å². The van der Waals surface area contributed by atoms with E-state index in [-0.39, 0.29) is 5.91 Å². The standard InChI is InChI=1S/C17H21N3O3/c1-12(16(21)19-14-5-3-2-4-6-14)23-15-9-7-13(8-10-15)17-20-18-11-22-17/h7-12,14H,2-6H2,1H3,(H,19,21). The van der Waals surface area contributed by atoms with Crippen molar-refractivity contribution < 1.29 is 13.9 Å². The lowest BCUT2D eigenvalue weighted by atomic mass is 9.95. The van der Waals surface area contributed by atoms with Crippen LogP contribution in [0.15, 0.2) is 35.1 Å². The molecule has 1 aliphatic rings. The van der Waals surface area contributed by atoms with Gasteiger partial charge in [0.2, 0.25) is 12.3 Å². The van der Waals surface area contributed by atoms with Crippen LogP contribution in [-0.4, -0.2) is 28.3 Å². The molecule has 1 aromatic carbocycles. The number of nitrogens with zero attached hydrogens (tertiary/aromatic N) is 2. The first-order chi connectivity index (χ1) is 11.2. The van der Waals surface area contributed by atoms with Crippen LogP contribution in [0.5, 0.6) is 5.75 Å². The van der Waals surface area contributed by atoms with Crippen molar-refractivity contribution in [2.45, 2.75) is 51.2 Å². The number of benzene rings is 1. The molecule has 23 heavy (non-hydrogen) atoms. The molecular weight excluding hydrogens is 294 g/mol. The zero-order valence-electron chi connectivity index (χ0n) is 13.2. The van der Waals surface area contributed by atoms with Crippen molar-refractivity contribution >= 4 is 5.91 Å². The molecule has 1 N–H and O–H groups in total. The van der Waals surface area contributed by atoms with E-state index in [1.54, 1.807) is 19.1 Å². The van der Waals surface area contributed by atoms with Crippen molar-refractivity contribution in [1.29, 1.82) is 0 Å². The zero-order valence-corrected chi connectivity index (χ0v) is 13.2. The van der Waals surface area contributed by atoms with E-state index < -0.39 is 6.10 Å². The lowest BCUT2D eigenvalue weighted by Crippen LogP contribution is -2.43. The minimum absolute atomic E-state index is 0.0575. The molecule has 6 heteroatoms. The number of amides is 1. The van der Waals surface area contributed by atoms with Gasteiger partial charge in [0.15, 0.2) is 6.10 Å². The van der Waals surface area contributed by atoms with E-state index in [0.717, 1.165) is 18.4 Å². The predicted octanol–water partition coefficient (Wildman–Crippen LogP) is 2.95. The third-order valence-electron chi connectivity index (χ3n) is 4.09. The molecule has 1 atom stereocenters. The number of carbonyl (C=O) groups is 1. The highest BCUT2D eigenvalue weighted by atomic mass is 16.5. The Hall–Kier alpha value is -2.37. The average molecular weight is 315 g/mol. The Labute approximate surface area is 135 Å². The van der Waals surface area contributed by atoms with Gasteiger partial charge in [-0.25, -0.2) is 0 Å². The van der Waals surface area contributed by atoms with Crippen LogP contribution in [0, 0.1) is 0 Å². The van der Waals surface area contributed by atoms with Crippen molar-refractivity contribution in [2.24, 2.45) is 0 Å². The van der Waals surface area contributed by atoms with Gasteiger partial charge in [0.25, 0.3) is 5.91 Å². The second-order valence-corrected chi connectivity index (χ2v) is 5.87. The number of rotatable bonds is 5. The van der Waals surface area contributed by atoms with Crippen LogP contribution in [0.2, 0.25) is 0 Å². The van der Waals surface area contributed by atoms with E-state index >= 15 is 0 Å². The number of hydrogen-bond donors (Lipinski definition) is 1. The SMILES string of the molecule is CC(Oc1ccc(-c2nnco2)cc1)C(=O)NC1CCCCC1. The van der Waals surface area contributed by atoms with Crippen molar-refractivity contribution in [3.05, 3.63) is 30.7 Å². The Morgan fingerprint density at radius 3 is 2.65 bits per heavy atom. The largest absolute Gasteiger partial charge is 0.481 e. The molecule has 1 aromatic heterocycles. The Kier molecular flexibility index (Phi) is 4.90. The summed E-state index contributed by atoms with van der Waals surface area (Å²) in [7, 11) is 0. The average Bonchev–Trinajstić information content (AvgIpc) is 3.11. The molecule has 1 heterocycles. The Morgan fingerprint density at radius 2 is 2.00 bits per heavy atom. The number of nitrogens with one attached hydrogen (secondary N) is 1. The minimum Gasteiger partial charge on any atom is -0.481 e. The Balaban J connectivity index is 1.54. The van der Waals surface area contributed by atoms with Crippen LogP contribution in [0.4, 0.5) is 0 Å². The minimum atomic E-state index is -0.522. The van der Waals surface area contributed by atoms with Gasteiger partial charge in [-0.1, -0.05) is 19.3 Å². The summed E-state index contributed by atoms with van der Waals surface area (Å²) in [6, 6.07) is 7.54. The highest BCUT2D eigenvalue weighted by Crippen LogP contribution is 2.21. The van der Waals surface area contributed by atoms with Gasteiger partial charge in [-0.05, 0) is 44.0 Å². The molecule has 1 fully saturated rings. The van der Waals surface area contributed by atoms with Crippen LogP contribution in [0.25, 0.3) is 11.5 Å². The van der Waals surface area contributed by atoms with Gasteiger partial charge in [-0.15, -0.1) is 10.2 Å². The van der Waals surface area contributed by atoms with Crippen LogP contribution in [0.3, 0.4) is 0 Å². The van der Waals surface area contributed by atoms with Gasteiger partial charge in [0, 0.05) is 11.6 Å². The fraction of sp³-hybridized carbons (Fsp3) is 0.471. The van der Waals surface area contributed by atoms with E-state index in [4.69, 9.17) is 9.15 Å². The van der Waals surface area contributed by atoms with Crippen LogP contribution in [0.1, 0.15) is 39.0 Å². The van der Waals surface area contributed by atoms with Crippen LogP contribution < -0.4 is 10.1 Å². The second-order valence-electron chi connectivity index (χ2n) is 5.87. The van der Waals surface area contributed by atoms with E-state index in [0.29, 0.717) is 17.7 Å². The molecular formula is C17H21N3O3. The van der Waals surface area contributed by atoms with Gasteiger partial charge >= 0.3 is 0 Å². The molecule has 1 aliphatic carbocycles. The first kappa shape index (κ1) is 15.5. The van der Waals surface area contributed by atoms with Gasteiger partial charge in [0.1, 0.15) is 5.75 Å². The summed E-state index contributed by atoms with van der Waals surface area (Å²) in [4.78, 5) is 12.2. The lowest BCUT2D eigenvalue weighted by molar-refractivity contribution is -0.128. The van der Waals surface area contributed by atoms with Crippen molar-refractivity contribution in [3.8, 4) is 17.2 Å². The normalized spacial score (nSPS) is 16.7. The fourth-order valence-electron chi connectivity index (χ4n) is 2.80. The predicted molar refractivity (Wildman–Crippen MR) is 84.8 cm³/mol. The third kappa shape index (κ3) is 4.09. The Bertz CT molecular complexity index is 619. The van der Waals surface area contributed by atoms with Crippen molar-refractivity contribution in [3.63, 3.8) is 0 Å². The topological polar surface area (TPSA) is 77.2 Å². The zero-order chi connectivity index (χ0) is 16.1. The summed E-state index contributed by atoms with van der Waals surface area (Å²) >= 11 is 0. The highest BCUT2D eigenvalue weighted by Gasteiger charge is 2.20. The van der Waals surface area contributed by atoms with Crippen molar-refractivity contribution in [2.75, 3.05) is 0 Å². The second kappa shape index (κ2) is 7.26. The van der Waals surface area contributed by atoms with Crippen LogP contribution in [-0.2, 0) is 4.79 Å². The molecule has 0 bridgehead atoms. The summed E-state index contributed by atoms with van der Waals surface area (Å²) in [5.74, 6) is 1.04. The van der Waals surface area contributed by atoms with Crippen molar-refractivity contribution in [1.82, 2.24) is 15.5 Å². The third-order valence-corrected chi connectivity index (χ3v) is 4.09. The molecule has 0 saturated heterocycles. The molecule has 2 aromatic rings. The summed E-state index contributed by atoms with van der Waals surface area (Å²) in [5, 5.41) is 10.6. The summed E-state index contributed by atoms with van der Waals surface area (Å²) < 4.78 is 10.8. The molecule has 122 valence electrons. The van der Waals surface area contributed by atoms with E-state index in [2.05, 4.69) is 15.5 Å². The molecule has 0 radical (unpaired) electrons. The highest BCUT2D eigenvalue weighted by molar-refractivity contribution is 5.81. The van der Waals surface area contributed by atoms with Gasteiger partial charge in [-0.3, -0.25) is 4.79 Å². The molecule has 3 rings (SSSR count). The molecule has 0 spiro atoms.